The van der Waals surface area contributed by atoms with Crippen LogP contribution < -0.4 is 10.2 Å². The van der Waals surface area contributed by atoms with Gasteiger partial charge in [-0.25, -0.2) is 0 Å². The summed E-state index contributed by atoms with van der Waals surface area (Å²) < 4.78 is 1.75. The van der Waals surface area contributed by atoms with Crippen molar-refractivity contribution >= 4 is 22.8 Å². The molecule has 0 radical (unpaired) electrons. The van der Waals surface area contributed by atoms with Crippen molar-refractivity contribution in [3.63, 3.8) is 0 Å². The van der Waals surface area contributed by atoms with Gasteiger partial charge < -0.3 is 10.2 Å². The molecule has 1 fully saturated rings. The molecule has 0 aliphatic carbocycles. The second-order valence-corrected chi connectivity index (χ2v) is 8.08. The highest BCUT2D eigenvalue weighted by molar-refractivity contribution is 5.82. The van der Waals surface area contributed by atoms with Gasteiger partial charge in [0, 0.05) is 44.3 Å². The summed E-state index contributed by atoms with van der Waals surface area (Å²) >= 11 is 0. The number of hydrogen-bond acceptors (Lipinski definition) is 7. The van der Waals surface area contributed by atoms with Gasteiger partial charge >= 0.3 is 0 Å². The second-order valence-electron chi connectivity index (χ2n) is 8.08. The summed E-state index contributed by atoms with van der Waals surface area (Å²) in [5.74, 6) is 0.778. The lowest BCUT2D eigenvalue weighted by molar-refractivity contribution is -0.122. The normalized spacial score (nSPS) is 14.5. The number of tetrazole rings is 1. The molecule has 168 valence electrons. The van der Waals surface area contributed by atoms with Gasteiger partial charge in [-0.1, -0.05) is 47.6 Å². The molecule has 2 aromatic carbocycles. The van der Waals surface area contributed by atoms with Crippen LogP contribution in [0, 0.1) is 0 Å². The molecule has 1 N–H and O–H groups in total. The van der Waals surface area contributed by atoms with E-state index in [4.69, 9.17) is 0 Å². The van der Waals surface area contributed by atoms with E-state index in [0.29, 0.717) is 13.1 Å². The van der Waals surface area contributed by atoms with E-state index in [9.17, 15) is 4.79 Å². The van der Waals surface area contributed by atoms with Gasteiger partial charge in [0.1, 0.15) is 0 Å². The number of fused-ring (bicyclic) bond motifs is 1. The maximum atomic E-state index is 12.5. The van der Waals surface area contributed by atoms with Crippen molar-refractivity contribution < 1.29 is 4.79 Å². The number of anilines is 1. The highest BCUT2D eigenvalue weighted by Crippen LogP contribution is 2.17. The SMILES string of the molecule is O=C(CN1CCN(c2nnnn2-c2ccccc2)CC1)NCCc1cccc2cccnc12. The Morgan fingerprint density at radius 2 is 1.76 bits per heavy atom. The van der Waals surface area contributed by atoms with Gasteiger partial charge in [0.25, 0.3) is 0 Å². The van der Waals surface area contributed by atoms with Gasteiger partial charge in [-0.05, 0) is 40.6 Å². The summed E-state index contributed by atoms with van der Waals surface area (Å²) in [5.41, 5.74) is 3.09. The first-order valence-corrected chi connectivity index (χ1v) is 11.2. The minimum absolute atomic E-state index is 0.0470. The van der Waals surface area contributed by atoms with Crippen LogP contribution in [0.5, 0.6) is 0 Å². The first-order valence-electron chi connectivity index (χ1n) is 11.2. The van der Waals surface area contributed by atoms with Crippen molar-refractivity contribution in [3.8, 4) is 5.69 Å². The van der Waals surface area contributed by atoms with Gasteiger partial charge in [0.05, 0.1) is 17.7 Å². The maximum absolute atomic E-state index is 12.5. The predicted octanol–water partition coefficient (Wildman–Crippen LogP) is 1.69. The lowest BCUT2D eigenvalue weighted by atomic mass is 10.1. The number of hydrogen-bond donors (Lipinski definition) is 1. The minimum Gasteiger partial charge on any atom is -0.355 e. The standard InChI is InChI=1S/C24H26N8O/c33-22(25-13-11-20-7-4-6-19-8-5-12-26-23(19)20)18-30-14-16-31(17-15-30)24-27-28-29-32(24)21-9-2-1-3-10-21/h1-10,12H,11,13-18H2,(H,25,33). The third-order valence-electron chi connectivity index (χ3n) is 5.91. The average molecular weight is 443 g/mol. The third kappa shape index (κ3) is 4.83. The summed E-state index contributed by atoms with van der Waals surface area (Å²) in [6.45, 7) is 4.08. The van der Waals surface area contributed by atoms with E-state index in [1.54, 1.807) is 4.68 Å². The van der Waals surface area contributed by atoms with Crippen LogP contribution in [0.4, 0.5) is 5.95 Å². The molecule has 0 atom stereocenters. The number of amides is 1. The molecule has 2 aromatic heterocycles. The number of pyridine rings is 1. The maximum Gasteiger partial charge on any atom is 0.250 e. The number of aromatic nitrogens is 5. The Balaban J connectivity index is 1.10. The van der Waals surface area contributed by atoms with Gasteiger partial charge in [0.2, 0.25) is 11.9 Å². The Morgan fingerprint density at radius 3 is 2.61 bits per heavy atom. The van der Waals surface area contributed by atoms with Crippen molar-refractivity contribution in [1.82, 2.24) is 35.4 Å². The monoisotopic (exact) mass is 442 g/mol. The Hall–Kier alpha value is -3.85. The molecule has 1 saturated heterocycles. The zero-order valence-electron chi connectivity index (χ0n) is 18.3. The van der Waals surface area contributed by atoms with Crippen molar-refractivity contribution in [2.75, 3.05) is 44.2 Å². The highest BCUT2D eigenvalue weighted by atomic mass is 16.2. The van der Waals surface area contributed by atoms with E-state index < -0.39 is 0 Å². The molecule has 0 spiro atoms. The van der Waals surface area contributed by atoms with Gasteiger partial charge in [0.15, 0.2) is 0 Å². The van der Waals surface area contributed by atoms with E-state index >= 15 is 0 Å². The summed E-state index contributed by atoms with van der Waals surface area (Å²) in [6, 6.07) is 20.0. The van der Waals surface area contributed by atoms with Crippen LogP contribution >= 0.6 is 0 Å². The zero-order valence-corrected chi connectivity index (χ0v) is 18.3. The van der Waals surface area contributed by atoms with Gasteiger partial charge in [-0.2, -0.15) is 4.68 Å². The second kappa shape index (κ2) is 9.74. The number of para-hydroxylation sites is 2. The fraction of sp³-hybridized carbons (Fsp3) is 0.292. The number of benzene rings is 2. The van der Waals surface area contributed by atoms with E-state index in [1.807, 2.05) is 48.7 Å². The number of piperazine rings is 1. The highest BCUT2D eigenvalue weighted by Gasteiger charge is 2.23. The van der Waals surface area contributed by atoms with Crippen LogP contribution in [0.25, 0.3) is 16.6 Å². The molecule has 5 rings (SSSR count). The molecule has 9 heteroatoms. The summed E-state index contributed by atoms with van der Waals surface area (Å²) in [7, 11) is 0. The molecule has 3 heterocycles. The number of carbonyl (C=O) groups excluding carboxylic acids is 1. The zero-order chi connectivity index (χ0) is 22.5. The topological polar surface area (TPSA) is 92.1 Å². The number of carbonyl (C=O) groups is 1. The van der Waals surface area contributed by atoms with E-state index in [2.05, 4.69) is 53.8 Å². The molecular weight excluding hydrogens is 416 g/mol. The van der Waals surface area contributed by atoms with Crippen LogP contribution in [0.15, 0.2) is 66.9 Å². The molecule has 4 aromatic rings. The van der Waals surface area contributed by atoms with Crippen LogP contribution in [0.3, 0.4) is 0 Å². The number of rotatable bonds is 7. The third-order valence-corrected chi connectivity index (χ3v) is 5.91. The van der Waals surface area contributed by atoms with Gasteiger partial charge in [-0.15, -0.1) is 0 Å². The summed E-state index contributed by atoms with van der Waals surface area (Å²) in [5, 5.41) is 16.4. The fourth-order valence-corrected chi connectivity index (χ4v) is 4.19. The van der Waals surface area contributed by atoms with Crippen molar-refractivity contribution in [2.45, 2.75) is 6.42 Å². The molecule has 0 saturated carbocycles. The van der Waals surface area contributed by atoms with Crippen molar-refractivity contribution in [1.29, 1.82) is 0 Å². The lowest BCUT2D eigenvalue weighted by Crippen LogP contribution is -2.50. The summed E-state index contributed by atoms with van der Waals surface area (Å²) in [6.07, 6.45) is 2.57. The molecule has 0 bridgehead atoms. The predicted molar refractivity (Wildman–Crippen MR) is 126 cm³/mol. The summed E-state index contributed by atoms with van der Waals surface area (Å²) in [4.78, 5) is 21.3. The average Bonchev–Trinajstić information content (AvgIpc) is 3.35. The van der Waals surface area contributed by atoms with Crippen molar-refractivity contribution in [3.05, 3.63) is 72.4 Å². The van der Waals surface area contributed by atoms with Crippen LogP contribution in [-0.2, 0) is 11.2 Å². The molecule has 0 unspecified atom stereocenters. The molecule has 1 aliphatic rings. The Kier molecular flexibility index (Phi) is 6.21. The smallest absolute Gasteiger partial charge is 0.250 e. The first-order chi connectivity index (χ1) is 16.3. The molecule has 33 heavy (non-hydrogen) atoms. The fourth-order valence-electron chi connectivity index (χ4n) is 4.19. The number of nitrogens with zero attached hydrogens (tertiary/aromatic N) is 7. The van der Waals surface area contributed by atoms with Crippen LogP contribution in [-0.4, -0.2) is 75.3 Å². The lowest BCUT2D eigenvalue weighted by Gasteiger charge is -2.34. The quantitative estimate of drug-likeness (QED) is 0.466. The Bertz CT molecular complexity index is 1210. The Morgan fingerprint density at radius 1 is 0.939 bits per heavy atom. The molecule has 1 aliphatic heterocycles. The van der Waals surface area contributed by atoms with Crippen LogP contribution in [0.2, 0.25) is 0 Å². The molecule has 9 nitrogen and oxygen atoms in total. The minimum atomic E-state index is 0.0470. The number of nitrogens with one attached hydrogen (secondary N) is 1. The van der Waals surface area contributed by atoms with Gasteiger partial charge in [-0.3, -0.25) is 14.7 Å². The van der Waals surface area contributed by atoms with Crippen LogP contribution in [0.1, 0.15) is 5.56 Å². The largest absolute Gasteiger partial charge is 0.355 e. The van der Waals surface area contributed by atoms with E-state index in [-0.39, 0.29) is 5.91 Å². The molecular formula is C24H26N8O. The van der Waals surface area contributed by atoms with E-state index in [0.717, 1.165) is 60.7 Å². The Labute approximate surface area is 192 Å². The molecule has 1 amide bonds. The van der Waals surface area contributed by atoms with E-state index in [1.165, 1.54) is 0 Å². The first kappa shape index (κ1) is 21.0. The van der Waals surface area contributed by atoms with Crippen molar-refractivity contribution in [2.24, 2.45) is 0 Å².